The summed E-state index contributed by atoms with van der Waals surface area (Å²) in [5.41, 5.74) is 2.14. The predicted molar refractivity (Wildman–Crippen MR) is 99.3 cm³/mol. The van der Waals surface area contributed by atoms with Crippen molar-refractivity contribution < 1.29 is 13.2 Å². The minimum absolute atomic E-state index is 0.0391. The number of rotatable bonds is 5. The van der Waals surface area contributed by atoms with Gasteiger partial charge in [-0.15, -0.1) is 0 Å². The number of nitrogens with one attached hydrogen (secondary N) is 1. The van der Waals surface area contributed by atoms with E-state index < -0.39 is 10.0 Å². The van der Waals surface area contributed by atoms with Crippen molar-refractivity contribution in [2.24, 2.45) is 5.92 Å². The molecular weight excluding hydrogens is 336 g/mol. The van der Waals surface area contributed by atoms with E-state index in [1.54, 1.807) is 6.08 Å². The molecule has 1 aliphatic carbocycles. The Balaban J connectivity index is 1.56. The normalized spacial score (nSPS) is 20.8. The van der Waals surface area contributed by atoms with Crippen molar-refractivity contribution in [3.05, 3.63) is 40.3 Å². The third-order valence-electron chi connectivity index (χ3n) is 5.00. The number of aryl methyl sites for hydroxylation is 1. The number of fused-ring (bicyclic) bond motifs is 1. The summed E-state index contributed by atoms with van der Waals surface area (Å²) in [7, 11) is -3.52. The largest absolute Gasteiger partial charge is 0.342 e. The average Bonchev–Trinajstić information content (AvgIpc) is 2.61. The summed E-state index contributed by atoms with van der Waals surface area (Å²) in [4.78, 5) is 14.5. The van der Waals surface area contributed by atoms with Gasteiger partial charge in [0, 0.05) is 26.1 Å². The number of carbonyl (C=O) groups excluding carboxylic acids is 1. The van der Waals surface area contributed by atoms with Crippen molar-refractivity contribution in [1.82, 2.24) is 9.62 Å². The predicted octanol–water partition coefficient (Wildman–Crippen LogP) is 2.54. The van der Waals surface area contributed by atoms with E-state index in [0.717, 1.165) is 37.9 Å². The molecule has 1 heterocycles. The molecule has 0 aromatic heterocycles. The average molecular weight is 362 g/mol. The van der Waals surface area contributed by atoms with Crippen LogP contribution in [-0.2, 0) is 21.2 Å². The van der Waals surface area contributed by atoms with Gasteiger partial charge in [0.25, 0.3) is 0 Å². The highest BCUT2D eigenvalue weighted by Gasteiger charge is 2.23. The number of hydrogen-bond acceptors (Lipinski definition) is 3. The van der Waals surface area contributed by atoms with Crippen LogP contribution >= 0.6 is 0 Å². The minimum atomic E-state index is -3.52. The summed E-state index contributed by atoms with van der Waals surface area (Å²) in [5.74, 6) is 0.569. The number of likely N-dealkylation sites (tertiary alicyclic amines) is 1. The van der Waals surface area contributed by atoms with Crippen LogP contribution in [-0.4, -0.2) is 38.9 Å². The lowest BCUT2D eigenvalue weighted by Gasteiger charge is -2.31. The number of carbonyl (C=O) groups is 1. The van der Waals surface area contributed by atoms with Crippen LogP contribution in [0.25, 0.3) is 6.08 Å². The van der Waals surface area contributed by atoms with Gasteiger partial charge in [0.1, 0.15) is 0 Å². The van der Waals surface area contributed by atoms with Crippen molar-refractivity contribution in [2.45, 2.75) is 39.0 Å². The monoisotopic (exact) mass is 362 g/mol. The molecule has 1 aromatic carbocycles. The number of nitrogens with zero attached hydrogens (tertiary/aromatic N) is 1. The molecule has 0 bridgehead atoms. The SMILES string of the molecule is CC1CCCN(C(=O)CCNS(=O)(=O)C2=Cc3ccccc3CC2)C1. The van der Waals surface area contributed by atoms with E-state index in [1.807, 2.05) is 29.2 Å². The first-order valence-electron chi connectivity index (χ1n) is 9.01. The maximum absolute atomic E-state index is 12.5. The maximum Gasteiger partial charge on any atom is 0.236 e. The summed E-state index contributed by atoms with van der Waals surface area (Å²) < 4.78 is 27.6. The zero-order chi connectivity index (χ0) is 17.9. The summed E-state index contributed by atoms with van der Waals surface area (Å²) in [6.07, 6.45) is 5.39. The first kappa shape index (κ1) is 18.1. The zero-order valence-corrected chi connectivity index (χ0v) is 15.5. The van der Waals surface area contributed by atoms with Crippen molar-refractivity contribution in [1.29, 1.82) is 0 Å². The van der Waals surface area contributed by atoms with Gasteiger partial charge >= 0.3 is 0 Å². The van der Waals surface area contributed by atoms with Crippen LogP contribution in [0.3, 0.4) is 0 Å². The van der Waals surface area contributed by atoms with Crippen LogP contribution < -0.4 is 4.72 Å². The molecule has 0 spiro atoms. The van der Waals surface area contributed by atoms with E-state index in [-0.39, 0.29) is 18.9 Å². The highest BCUT2D eigenvalue weighted by atomic mass is 32.2. The standard InChI is InChI=1S/C19H26N2O3S/c1-15-5-4-12-21(14-15)19(22)10-11-20-25(23,24)18-9-8-16-6-2-3-7-17(16)13-18/h2-3,6-7,13,15,20H,4-5,8-12,14H2,1H3. The number of allylic oxidation sites excluding steroid dienone is 1. The fourth-order valence-corrected chi connectivity index (χ4v) is 4.79. The lowest BCUT2D eigenvalue weighted by molar-refractivity contribution is -0.132. The van der Waals surface area contributed by atoms with Crippen LogP contribution in [0.5, 0.6) is 0 Å². The van der Waals surface area contributed by atoms with E-state index >= 15 is 0 Å². The van der Waals surface area contributed by atoms with E-state index in [4.69, 9.17) is 0 Å². The Hall–Kier alpha value is -1.66. The second-order valence-electron chi connectivity index (χ2n) is 7.04. The number of sulfonamides is 1. The van der Waals surface area contributed by atoms with Gasteiger partial charge in [-0.1, -0.05) is 31.2 Å². The van der Waals surface area contributed by atoms with Gasteiger partial charge in [0.05, 0.1) is 4.91 Å². The lowest BCUT2D eigenvalue weighted by Crippen LogP contribution is -2.40. The molecule has 2 aliphatic rings. The highest BCUT2D eigenvalue weighted by molar-refractivity contribution is 7.93. The third-order valence-corrected chi connectivity index (χ3v) is 6.59. The number of hydrogen-bond donors (Lipinski definition) is 1. The van der Waals surface area contributed by atoms with Crippen LogP contribution in [0.15, 0.2) is 29.2 Å². The fourth-order valence-electron chi connectivity index (χ4n) is 3.58. The zero-order valence-electron chi connectivity index (χ0n) is 14.7. The molecule has 1 atom stereocenters. The number of amides is 1. The first-order chi connectivity index (χ1) is 12.0. The van der Waals surface area contributed by atoms with Crippen LogP contribution in [0, 0.1) is 5.92 Å². The van der Waals surface area contributed by atoms with E-state index in [0.29, 0.717) is 17.2 Å². The molecule has 1 aliphatic heterocycles. The molecule has 5 nitrogen and oxygen atoms in total. The first-order valence-corrected chi connectivity index (χ1v) is 10.5. The molecule has 1 fully saturated rings. The lowest BCUT2D eigenvalue weighted by atomic mass is 9.98. The molecule has 1 aromatic rings. The molecule has 3 rings (SSSR count). The molecule has 0 saturated carbocycles. The minimum Gasteiger partial charge on any atom is -0.342 e. The molecule has 1 saturated heterocycles. The van der Waals surface area contributed by atoms with Crippen molar-refractivity contribution in [2.75, 3.05) is 19.6 Å². The third kappa shape index (κ3) is 4.50. The van der Waals surface area contributed by atoms with Gasteiger partial charge in [0.15, 0.2) is 0 Å². The number of benzene rings is 1. The van der Waals surface area contributed by atoms with Crippen LogP contribution in [0.2, 0.25) is 0 Å². The quantitative estimate of drug-likeness (QED) is 0.875. The van der Waals surface area contributed by atoms with Crippen molar-refractivity contribution in [3.8, 4) is 0 Å². The molecule has 136 valence electrons. The topological polar surface area (TPSA) is 66.5 Å². The molecule has 1 N–H and O–H groups in total. The smallest absolute Gasteiger partial charge is 0.236 e. The Labute approximate surface area is 150 Å². The fraction of sp³-hybridized carbons (Fsp3) is 0.526. The second-order valence-corrected chi connectivity index (χ2v) is 8.86. The molecule has 6 heteroatoms. The molecular formula is C19H26N2O3S. The van der Waals surface area contributed by atoms with E-state index in [2.05, 4.69) is 11.6 Å². The van der Waals surface area contributed by atoms with Crippen LogP contribution in [0.4, 0.5) is 0 Å². The number of piperidine rings is 1. The van der Waals surface area contributed by atoms with E-state index in [1.165, 1.54) is 5.56 Å². The van der Waals surface area contributed by atoms with Crippen molar-refractivity contribution in [3.63, 3.8) is 0 Å². The Bertz CT molecular complexity index is 771. The van der Waals surface area contributed by atoms with E-state index in [9.17, 15) is 13.2 Å². The molecule has 25 heavy (non-hydrogen) atoms. The van der Waals surface area contributed by atoms with Gasteiger partial charge in [-0.2, -0.15) is 0 Å². The maximum atomic E-state index is 12.5. The summed E-state index contributed by atoms with van der Waals surface area (Å²) in [6.45, 7) is 3.88. The summed E-state index contributed by atoms with van der Waals surface area (Å²) >= 11 is 0. The Morgan fingerprint density at radius 1 is 1.28 bits per heavy atom. The van der Waals surface area contributed by atoms with Gasteiger partial charge in [0.2, 0.25) is 15.9 Å². The van der Waals surface area contributed by atoms with Crippen LogP contribution in [0.1, 0.15) is 43.7 Å². The van der Waals surface area contributed by atoms with Crippen molar-refractivity contribution >= 4 is 22.0 Å². The second kappa shape index (κ2) is 7.70. The Morgan fingerprint density at radius 2 is 2.08 bits per heavy atom. The van der Waals surface area contributed by atoms with Gasteiger partial charge in [-0.05, 0) is 48.8 Å². The molecule has 1 unspecified atom stereocenters. The Kier molecular flexibility index (Phi) is 5.59. The summed E-state index contributed by atoms with van der Waals surface area (Å²) in [6, 6.07) is 7.85. The van der Waals surface area contributed by atoms with Gasteiger partial charge in [-0.25, -0.2) is 13.1 Å². The molecule has 0 radical (unpaired) electrons. The van der Waals surface area contributed by atoms with Gasteiger partial charge in [-0.3, -0.25) is 4.79 Å². The Morgan fingerprint density at radius 3 is 2.88 bits per heavy atom. The van der Waals surface area contributed by atoms with Gasteiger partial charge < -0.3 is 4.90 Å². The molecule has 1 amide bonds. The summed E-state index contributed by atoms with van der Waals surface area (Å²) in [5, 5.41) is 0. The highest BCUT2D eigenvalue weighted by Crippen LogP contribution is 2.26.